The third-order valence-electron chi connectivity index (χ3n) is 3.32. The predicted octanol–water partition coefficient (Wildman–Crippen LogP) is 4.29. The molecule has 4 nitrogen and oxygen atoms in total. The van der Waals surface area contributed by atoms with Crippen LogP contribution >= 0.6 is 23.2 Å². The van der Waals surface area contributed by atoms with E-state index in [1.807, 2.05) is 29.9 Å². The first-order valence-electron chi connectivity index (χ1n) is 6.40. The predicted molar refractivity (Wildman–Crippen MR) is 90.2 cm³/mol. The van der Waals surface area contributed by atoms with Crippen LogP contribution in [0.15, 0.2) is 53.6 Å². The van der Waals surface area contributed by atoms with E-state index >= 15 is 0 Å². The number of nitrogens with zero attached hydrogens (tertiary/aromatic N) is 1. The minimum absolute atomic E-state index is 0.00766. The molecule has 0 unspecified atom stereocenters. The standard InChI is InChI=1S/C15H12Cl2N2O2S/c1-19-7-6-10-8-12(3-4-14(10)19)18-22(20,21)15-5-2-11(16)9-13(15)17/h2-9,18H,1H3. The lowest BCUT2D eigenvalue weighted by Gasteiger charge is -2.10. The van der Waals surface area contributed by atoms with Crippen LogP contribution in [0.1, 0.15) is 0 Å². The van der Waals surface area contributed by atoms with Gasteiger partial charge in [0, 0.05) is 34.9 Å². The number of hydrogen-bond acceptors (Lipinski definition) is 2. The molecule has 1 aromatic heterocycles. The number of aryl methyl sites for hydroxylation is 1. The Morgan fingerprint density at radius 3 is 2.55 bits per heavy atom. The van der Waals surface area contributed by atoms with Crippen molar-refractivity contribution in [1.82, 2.24) is 4.57 Å². The summed E-state index contributed by atoms with van der Waals surface area (Å²) in [6, 6.07) is 11.5. The smallest absolute Gasteiger partial charge is 0.263 e. The van der Waals surface area contributed by atoms with Crippen LogP contribution in [0.3, 0.4) is 0 Å². The summed E-state index contributed by atoms with van der Waals surface area (Å²) >= 11 is 11.8. The highest BCUT2D eigenvalue weighted by Gasteiger charge is 2.18. The Morgan fingerprint density at radius 2 is 1.82 bits per heavy atom. The third kappa shape index (κ3) is 2.79. The lowest BCUT2D eigenvalue weighted by Crippen LogP contribution is -2.13. The highest BCUT2D eigenvalue weighted by atomic mass is 35.5. The molecule has 0 bridgehead atoms. The molecular weight excluding hydrogens is 343 g/mol. The van der Waals surface area contributed by atoms with Crippen molar-refractivity contribution in [2.24, 2.45) is 7.05 Å². The van der Waals surface area contributed by atoms with E-state index in [9.17, 15) is 8.42 Å². The molecular formula is C15H12Cl2N2O2S. The van der Waals surface area contributed by atoms with Gasteiger partial charge in [-0.3, -0.25) is 4.72 Å². The van der Waals surface area contributed by atoms with Gasteiger partial charge in [-0.2, -0.15) is 0 Å². The van der Waals surface area contributed by atoms with Crippen LogP contribution in [0.5, 0.6) is 0 Å². The maximum Gasteiger partial charge on any atom is 0.263 e. The molecule has 0 atom stereocenters. The van der Waals surface area contributed by atoms with Gasteiger partial charge >= 0.3 is 0 Å². The number of fused-ring (bicyclic) bond motifs is 1. The summed E-state index contributed by atoms with van der Waals surface area (Å²) < 4.78 is 29.4. The molecule has 3 aromatic rings. The van der Waals surface area contributed by atoms with Crippen molar-refractivity contribution in [3.05, 3.63) is 58.7 Å². The van der Waals surface area contributed by atoms with Gasteiger partial charge in [0.1, 0.15) is 4.90 Å². The monoisotopic (exact) mass is 354 g/mol. The van der Waals surface area contributed by atoms with Crippen molar-refractivity contribution in [3.8, 4) is 0 Å². The number of halogens is 2. The first-order valence-corrected chi connectivity index (χ1v) is 8.64. The normalized spacial score (nSPS) is 11.8. The molecule has 7 heteroatoms. The fraction of sp³-hybridized carbons (Fsp3) is 0.0667. The molecule has 114 valence electrons. The van der Waals surface area contributed by atoms with Gasteiger partial charge in [-0.15, -0.1) is 0 Å². The molecule has 1 heterocycles. The molecule has 22 heavy (non-hydrogen) atoms. The number of hydrogen-bond donors (Lipinski definition) is 1. The molecule has 0 saturated carbocycles. The maximum atomic E-state index is 12.4. The number of anilines is 1. The first-order chi connectivity index (χ1) is 10.4. The average Bonchev–Trinajstić information content (AvgIpc) is 2.79. The minimum Gasteiger partial charge on any atom is -0.351 e. The summed E-state index contributed by atoms with van der Waals surface area (Å²) in [5.74, 6) is 0. The second kappa shape index (κ2) is 5.50. The van der Waals surface area contributed by atoms with E-state index in [1.165, 1.54) is 18.2 Å². The van der Waals surface area contributed by atoms with Crippen molar-refractivity contribution in [2.45, 2.75) is 4.90 Å². The van der Waals surface area contributed by atoms with E-state index in [0.717, 1.165) is 10.9 Å². The van der Waals surface area contributed by atoms with E-state index in [0.29, 0.717) is 10.7 Å². The Morgan fingerprint density at radius 1 is 1.05 bits per heavy atom. The van der Waals surface area contributed by atoms with Crippen molar-refractivity contribution in [2.75, 3.05) is 4.72 Å². The molecule has 2 aromatic carbocycles. The van der Waals surface area contributed by atoms with Gasteiger partial charge in [0.05, 0.1) is 5.02 Å². The summed E-state index contributed by atoms with van der Waals surface area (Å²) in [5.41, 5.74) is 1.50. The van der Waals surface area contributed by atoms with E-state index in [-0.39, 0.29) is 9.92 Å². The Kier molecular flexibility index (Phi) is 3.80. The highest BCUT2D eigenvalue weighted by Crippen LogP contribution is 2.27. The average molecular weight is 355 g/mol. The summed E-state index contributed by atoms with van der Waals surface area (Å²) in [4.78, 5) is -0.00766. The first kappa shape index (κ1) is 15.2. The van der Waals surface area contributed by atoms with E-state index in [2.05, 4.69) is 4.72 Å². The second-order valence-corrected chi connectivity index (χ2v) is 7.37. The van der Waals surface area contributed by atoms with Crippen molar-refractivity contribution >= 4 is 49.8 Å². The number of rotatable bonds is 3. The topological polar surface area (TPSA) is 51.1 Å². The van der Waals surface area contributed by atoms with Crippen LogP contribution in [0.2, 0.25) is 10.0 Å². The Hall–Kier alpha value is -1.69. The van der Waals surface area contributed by atoms with Crippen LogP contribution < -0.4 is 4.72 Å². The fourth-order valence-electron chi connectivity index (χ4n) is 2.25. The van der Waals surface area contributed by atoms with Crippen LogP contribution in [-0.2, 0) is 17.1 Å². The second-order valence-electron chi connectivity index (χ2n) is 4.88. The summed E-state index contributed by atoms with van der Waals surface area (Å²) in [5, 5.41) is 1.42. The largest absolute Gasteiger partial charge is 0.351 e. The Labute approximate surface area is 138 Å². The quantitative estimate of drug-likeness (QED) is 0.762. The van der Waals surface area contributed by atoms with Gasteiger partial charge in [-0.1, -0.05) is 23.2 Å². The fourth-order valence-corrected chi connectivity index (χ4v) is 4.07. The van der Waals surface area contributed by atoms with Gasteiger partial charge in [-0.05, 0) is 42.5 Å². The van der Waals surface area contributed by atoms with Gasteiger partial charge in [0.15, 0.2) is 0 Å². The summed E-state index contributed by atoms with van der Waals surface area (Å²) in [6.45, 7) is 0. The lowest BCUT2D eigenvalue weighted by atomic mass is 10.2. The van der Waals surface area contributed by atoms with Crippen LogP contribution in [0.4, 0.5) is 5.69 Å². The zero-order chi connectivity index (χ0) is 15.9. The van der Waals surface area contributed by atoms with Crippen LogP contribution in [-0.4, -0.2) is 13.0 Å². The molecule has 0 aliphatic rings. The molecule has 0 amide bonds. The van der Waals surface area contributed by atoms with Crippen molar-refractivity contribution in [3.63, 3.8) is 0 Å². The lowest BCUT2D eigenvalue weighted by molar-refractivity contribution is 0.601. The summed E-state index contributed by atoms with van der Waals surface area (Å²) in [7, 11) is -1.84. The molecule has 0 radical (unpaired) electrons. The van der Waals surface area contributed by atoms with Crippen molar-refractivity contribution in [1.29, 1.82) is 0 Å². The highest BCUT2D eigenvalue weighted by molar-refractivity contribution is 7.92. The van der Waals surface area contributed by atoms with E-state index < -0.39 is 10.0 Å². The molecule has 0 aliphatic carbocycles. The Balaban J connectivity index is 1.98. The Bertz CT molecular complexity index is 965. The van der Waals surface area contributed by atoms with E-state index in [1.54, 1.807) is 12.1 Å². The number of sulfonamides is 1. The molecule has 0 saturated heterocycles. The summed E-state index contributed by atoms with van der Waals surface area (Å²) in [6.07, 6.45) is 1.92. The van der Waals surface area contributed by atoms with E-state index in [4.69, 9.17) is 23.2 Å². The molecule has 3 rings (SSSR count). The number of benzene rings is 2. The van der Waals surface area contributed by atoms with Crippen molar-refractivity contribution < 1.29 is 8.42 Å². The molecule has 0 aliphatic heterocycles. The minimum atomic E-state index is -3.77. The molecule has 0 spiro atoms. The zero-order valence-corrected chi connectivity index (χ0v) is 13.9. The van der Waals surface area contributed by atoms with Crippen LogP contribution in [0.25, 0.3) is 10.9 Å². The third-order valence-corrected chi connectivity index (χ3v) is 5.42. The zero-order valence-electron chi connectivity index (χ0n) is 11.5. The molecule has 1 N–H and O–H groups in total. The van der Waals surface area contributed by atoms with Gasteiger partial charge in [-0.25, -0.2) is 8.42 Å². The van der Waals surface area contributed by atoms with Gasteiger partial charge < -0.3 is 4.57 Å². The van der Waals surface area contributed by atoms with Gasteiger partial charge in [0.25, 0.3) is 10.0 Å². The number of aromatic nitrogens is 1. The van der Waals surface area contributed by atoms with Gasteiger partial charge in [0.2, 0.25) is 0 Å². The number of nitrogens with one attached hydrogen (secondary N) is 1. The maximum absolute atomic E-state index is 12.4. The SMILES string of the molecule is Cn1ccc2cc(NS(=O)(=O)c3ccc(Cl)cc3Cl)ccc21. The van der Waals surface area contributed by atoms with Crippen LogP contribution in [0, 0.1) is 0 Å². The molecule has 0 fully saturated rings.